The van der Waals surface area contributed by atoms with Gasteiger partial charge in [-0.2, -0.15) is 0 Å². The summed E-state index contributed by atoms with van der Waals surface area (Å²) in [7, 11) is 0. The van der Waals surface area contributed by atoms with Crippen molar-refractivity contribution >= 4 is 23.3 Å². The van der Waals surface area contributed by atoms with Gasteiger partial charge in [-0.05, 0) is 48.9 Å². The zero-order valence-corrected chi connectivity index (χ0v) is 11.3. The second-order valence-electron chi connectivity index (χ2n) is 4.49. The number of anilines is 2. The van der Waals surface area contributed by atoms with Crippen molar-refractivity contribution in [3.63, 3.8) is 0 Å². The van der Waals surface area contributed by atoms with Crippen LogP contribution in [0.5, 0.6) is 0 Å². The molecule has 3 amide bonds. The Morgan fingerprint density at radius 1 is 1.05 bits per heavy atom. The van der Waals surface area contributed by atoms with Crippen molar-refractivity contribution in [3.05, 3.63) is 59.4 Å². The highest BCUT2D eigenvalue weighted by molar-refractivity contribution is 6.04. The van der Waals surface area contributed by atoms with Crippen molar-refractivity contribution in [1.29, 1.82) is 0 Å². The monoisotopic (exact) mass is 287 g/mol. The van der Waals surface area contributed by atoms with E-state index in [1.165, 1.54) is 18.2 Å². The predicted molar refractivity (Wildman–Crippen MR) is 78.7 cm³/mol. The normalized spacial score (nSPS) is 10.0. The van der Waals surface area contributed by atoms with E-state index >= 15 is 0 Å². The smallest absolute Gasteiger partial charge is 0.316 e. The summed E-state index contributed by atoms with van der Waals surface area (Å²) in [5.74, 6) is -0.728. The van der Waals surface area contributed by atoms with Gasteiger partial charge in [0.15, 0.2) is 0 Å². The molecule has 108 valence electrons. The van der Waals surface area contributed by atoms with Crippen molar-refractivity contribution in [2.75, 3.05) is 10.6 Å². The molecule has 5 nitrogen and oxygen atoms in total. The van der Waals surface area contributed by atoms with Crippen LogP contribution in [0.3, 0.4) is 0 Å². The first kappa shape index (κ1) is 14.5. The lowest BCUT2D eigenvalue weighted by Crippen LogP contribution is -2.19. The van der Waals surface area contributed by atoms with E-state index in [2.05, 4.69) is 10.6 Å². The maximum atomic E-state index is 13.2. The molecule has 6 heteroatoms. The van der Waals surface area contributed by atoms with E-state index in [0.717, 1.165) is 0 Å². The zero-order valence-electron chi connectivity index (χ0n) is 11.3. The molecule has 0 aliphatic carbocycles. The number of benzene rings is 2. The van der Waals surface area contributed by atoms with Gasteiger partial charge < -0.3 is 16.4 Å². The van der Waals surface area contributed by atoms with Crippen LogP contribution in [0, 0.1) is 12.7 Å². The van der Waals surface area contributed by atoms with E-state index in [1.54, 1.807) is 31.2 Å². The number of halogens is 1. The van der Waals surface area contributed by atoms with E-state index in [9.17, 15) is 14.0 Å². The number of primary amides is 1. The molecule has 2 aromatic carbocycles. The Balaban J connectivity index is 2.15. The van der Waals surface area contributed by atoms with E-state index in [1.807, 2.05) is 0 Å². The fourth-order valence-electron chi connectivity index (χ4n) is 1.81. The second kappa shape index (κ2) is 6.04. The van der Waals surface area contributed by atoms with Crippen LogP contribution >= 0.6 is 0 Å². The van der Waals surface area contributed by atoms with Crippen LogP contribution in [0.2, 0.25) is 0 Å². The third kappa shape index (κ3) is 3.79. The Bertz CT molecular complexity index is 701. The van der Waals surface area contributed by atoms with Crippen LogP contribution in [0.1, 0.15) is 15.9 Å². The molecule has 0 spiro atoms. The highest BCUT2D eigenvalue weighted by Gasteiger charge is 2.08. The molecular weight excluding hydrogens is 273 g/mol. The van der Waals surface area contributed by atoms with E-state index < -0.39 is 6.03 Å². The number of rotatable bonds is 3. The number of carbonyl (C=O) groups excluding carboxylic acids is 2. The molecule has 4 N–H and O–H groups in total. The summed E-state index contributed by atoms with van der Waals surface area (Å²) >= 11 is 0. The summed E-state index contributed by atoms with van der Waals surface area (Å²) in [6.45, 7) is 1.59. The fraction of sp³-hybridized carbons (Fsp3) is 0.0667. The molecule has 0 fully saturated rings. The van der Waals surface area contributed by atoms with Crippen LogP contribution in [-0.2, 0) is 0 Å². The van der Waals surface area contributed by atoms with E-state index in [0.29, 0.717) is 22.5 Å². The standard InChI is InChI=1S/C15H14FN3O2/c1-9-7-10(5-6-13(9)16)14(20)18-11-3-2-4-12(8-11)19-15(17)21/h2-8H,1H3,(H,18,20)(H3,17,19,21). The maximum Gasteiger partial charge on any atom is 0.316 e. The SMILES string of the molecule is Cc1cc(C(=O)Nc2cccc(NC(N)=O)c2)ccc1F. The molecule has 0 saturated heterocycles. The molecule has 0 radical (unpaired) electrons. The Labute approximate surface area is 121 Å². The summed E-state index contributed by atoms with van der Waals surface area (Å²) in [6, 6.07) is 9.97. The van der Waals surface area contributed by atoms with Gasteiger partial charge in [-0.15, -0.1) is 0 Å². The summed E-state index contributed by atoms with van der Waals surface area (Å²) in [5, 5.41) is 5.08. The second-order valence-corrected chi connectivity index (χ2v) is 4.49. The lowest BCUT2D eigenvalue weighted by atomic mass is 10.1. The fourth-order valence-corrected chi connectivity index (χ4v) is 1.81. The lowest BCUT2D eigenvalue weighted by molar-refractivity contribution is 0.102. The van der Waals surface area contributed by atoms with Crippen LogP contribution in [0.15, 0.2) is 42.5 Å². The first-order valence-corrected chi connectivity index (χ1v) is 6.20. The minimum atomic E-state index is -0.687. The molecule has 0 aliphatic heterocycles. The maximum absolute atomic E-state index is 13.2. The molecular formula is C15H14FN3O2. The van der Waals surface area contributed by atoms with Crippen molar-refractivity contribution < 1.29 is 14.0 Å². The van der Waals surface area contributed by atoms with Crippen molar-refractivity contribution in [2.24, 2.45) is 5.73 Å². The van der Waals surface area contributed by atoms with Gasteiger partial charge >= 0.3 is 6.03 Å². The summed E-state index contributed by atoms with van der Waals surface area (Å²) in [4.78, 5) is 22.8. The largest absolute Gasteiger partial charge is 0.351 e. The minimum absolute atomic E-state index is 0.349. The van der Waals surface area contributed by atoms with Crippen molar-refractivity contribution in [1.82, 2.24) is 0 Å². The molecule has 0 heterocycles. The Morgan fingerprint density at radius 2 is 1.71 bits per heavy atom. The number of urea groups is 1. The molecule has 0 bridgehead atoms. The molecule has 0 saturated carbocycles. The van der Waals surface area contributed by atoms with Gasteiger partial charge in [0, 0.05) is 16.9 Å². The van der Waals surface area contributed by atoms with Crippen LogP contribution in [-0.4, -0.2) is 11.9 Å². The topological polar surface area (TPSA) is 84.2 Å². The molecule has 0 unspecified atom stereocenters. The van der Waals surface area contributed by atoms with Crippen molar-refractivity contribution in [2.45, 2.75) is 6.92 Å². The highest BCUT2D eigenvalue weighted by Crippen LogP contribution is 2.17. The van der Waals surface area contributed by atoms with Gasteiger partial charge in [-0.1, -0.05) is 6.07 Å². The zero-order chi connectivity index (χ0) is 15.4. The van der Waals surface area contributed by atoms with Gasteiger partial charge in [-0.25, -0.2) is 9.18 Å². The molecule has 0 aromatic heterocycles. The van der Waals surface area contributed by atoms with Crippen LogP contribution in [0.4, 0.5) is 20.6 Å². The third-order valence-electron chi connectivity index (χ3n) is 2.81. The van der Waals surface area contributed by atoms with Gasteiger partial charge in [0.1, 0.15) is 5.82 Å². The highest BCUT2D eigenvalue weighted by atomic mass is 19.1. The Kier molecular flexibility index (Phi) is 4.18. The van der Waals surface area contributed by atoms with Gasteiger partial charge in [0.25, 0.3) is 5.91 Å². The lowest BCUT2D eigenvalue weighted by Gasteiger charge is -2.08. The van der Waals surface area contributed by atoms with Gasteiger partial charge in [-0.3, -0.25) is 4.79 Å². The molecule has 2 rings (SSSR count). The number of nitrogens with one attached hydrogen (secondary N) is 2. The van der Waals surface area contributed by atoms with Crippen LogP contribution < -0.4 is 16.4 Å². The van der Waals surface area contributed by atoms with E-state index in [4.69, 9.17) is 5.73 Å². The summed E-state index contributed by atoms with van der Waals surface area (Å²) in [5.41, 5.74) is 6.73. The van der Waals surface area contributed by atoms with Gasteiger partial charge in [0.2, 0.25) is 0 Å². The summed E-state index contributed by atoms with van der Waals surface area (Å²) in [6.07, 6.45) is 0. The number of hydrogen-bond acceptors (Lipinski definition) is 2. The number of aryl methyl sites for hydroxylation is 1. The molecule has 0 atom stereocenters. The number of amides is 3. The number of carbonyl (C=O) groups is 2. The number of nitrogens with two attached hydrogens (primary N) is 1. The average Bonchev–Trinajstić information content (AvgIpc) is 2.41. The van der Waals surface area contributed by atoms with Crippen molar-refractivity contribution in [3.8, 4) is 0 Å². The first-order valence-electron chi connectivity index (χ1n) is 6.20. The molecule has 0 aliphatic rings. The van der Waals surface area contributed by atoms with Gasteiger partial charge in [0.05, 0.1) is 0 Å². The third-order valence-corrected chi connectivity index (χ3v) is 2.81. The number of hydrogen-bond donors (Lipinski definition) is 3. The van der Waals surface area contributed by atoms with E-state index in [-0.39, 0.29) is 11.7 Å². The van der Waals surface area contributed by atoms with Crippen LogP contribution in [0.25, 0.3) is 0 Å². The molecule has 2 aromatic rings. The average molecular weight is 287 g/mol. The minimum Gasteiger partial charge on any atom is -0.351 e. The first-order chi connectivity index (χ1) is 9.95. The quantitative estimate of drug-likeness (QED) is 0.811. The Morgan fingerprint density at radius 3 is 2.33 bits per heavy atom. The summed E-state index contributed by atoms with van der Waals surface area (Å²) < 4.78 is 13.2. The molecule has 21 heavy (non-hydrogen) atoms. The predicted octanol–water partition coefficient (Wildman–Crippen LogP) is 2.88. The Hall–Kier alpha value is -2.89.